The molecule has 5 aromatic rings. The predicted molar refractivity (Wildman–Crippen MR) is 216 cm³/mol. The Hall–Kier alpha value is -6.13. The van der Waals surface area contributed by atoms with Crippen LogP contribution in [0, 0.1) is 0 Å². The van der Waals surface area contributed by atoms with Gasteiger partial charge in [-0.1, -0.05) is 54.1 Å². The quantitative estimate of drug-likeness (QED) is 0.133. The van der Waals surface area contributed by atoms with E-state index in [-0.39, 0.29) is 36.2 Å². The smallest absolute Gasteiger partial charge is 0.259 e. The number of anilines is 2. The largest absolute Gasteiger partial charge is 0.497 e. The molecule has 0 saturated carbocycles. The Morgan fingerprint density at radius 1 is 0.750 bits per heavy atom. The Labute approximate surface area is 331 Å². The van der Waals surface area contributed by atoms with Crippen LogP contribution in [0.3, 0.4) is 0 Å². The fraction of sp³-hybridized carbons (Fsp3) is 0.244. The van der Waals surface area contributed by atoms with E-state index in [2.05, 4.69) is 5.32 Å². The Bertz CT molecular complexity index is 2250. The number of rotatable bonds is 12. The number of carbonyl (C=O) groups is 2. The molecular formula is C45H43ClN2O8. The monoisotopic (exact) mass is 774 g/mol. The molecule has 288 valence electrons. The van der Waals surface area contributed by atoms with Crippen LogP contribution >= 0.6 is 11.6 Å². The number of allylic oxidation sites excluding steroid dienone is 1. The number of ketones is 1. The molecule has 1 aliphatic heterocycles. The van der Waals surface area contributed by atoms with Gasteiger partial charge in [-0.05, 0) is 96.6 Å². The predicted octanol–water partition coefficient (Wildman–Crippen LogP) is 9.57. The normalized spacial score (nSPS) is 16.2. The summed E-state index contributed by atoms with van der Waals surface area (Å²) >= 11 is 6.11. The minimum absolute atomic E-state index is 0.0823. The van der Waals surface area contributed by atoms with E-state index in [1.165, 1.54) is 21.3 Å². The number of Topliss-reactive ketones (excluding diaryl/α,β-unsaturated/α-hetero) is 1. The van der Waals surface area contributed by atoms with Gasteiger partial charge in [-0.3, -0.25) is 14.5 Å². The van der Waals surface area contributed by atoms with Crippen LogP contribution in [-0.4, -0.2) is 46.7 Å². The molecule has 5 aromatic carbocycles. The zero-order chi connectivity index (χ0) is 39.3. The standard InChI is InChI=1S/C45H43ClN2O8/c1-6-55-39-23-29(15-20-38(39)56-26-27-11-16-32(46)17-12-27)43-42-35(21-30(22-37(42)49)28-13-18-33(51-2)19-14-28)47-34-9-7-8-10-36(34)48(43)45(50)31-24-40(52-3)44(54-5)41(25-31)53-4/h7-20,23-25,30,43,47H,6,21-22,26H2,1-5H3/t30-,43+/m1/s1. The average molecular weight is 775 g/mol. The molecular weight excluding hydrogens is 732 g/mol. The van der Waals surface area contributed by atoms with Gasteiger partial charge in [-0.15, -0.1) is 0 Å². The summed E-state index contributed by atoms with van der Waals surface area (Å²) in [6.45, 7) is 2.54. The second-order valence-electron chi connectivity index (χ2n) is 13.4. The number of hydrogen-bond acceptors (Lipinski definition) is 9. The van der Waals surface area contributed by atoms with E-state index in [4.69, 9.17) is 40.0 Å². The van der Waals surface area contributed by atoms with E-state index >= 15 is 4.79 Å². The van der Waals surface area contributed by atoms with Gasteiger partial charge in [0.25, 0.3) is 5.91 Å². The van der Waals surface area contributed by atoms with Crippen molar-refractivity contribution in [2.75, 3.05) is 45.3 Å². The Kier molecular flexibility index (Phi) is 11.4. The maximum Gasteiger partial charge on any atom is 0.259 e. The van der Waals surface area contributed by atoms with Gasteiger partial charge in [0.05, 0.1) is 52.5 Å². The number of ether oxygens (including phenoxy) is 6. The van der Waals surface area contributed by atoms with Crippen LogP contribution in [0.1, 0.15) is 58.8 Å². The molecule has 1 heterocycles. The van der Waals surface area contributed by atoms with Crippen molar-refractivity contribution in [2.45, 2.75) is 38.3 Å². The molecule has 0 bridgehead atoms. The molecule has 1 N–H and O–H groups in total. The van der Waals surface area contributed by atoms with Gasteiger partial charge in [0.2, 0.25) is 5.75 Å². The Balaban J connectivity index is 1.40. The Morgan fingerprint density at radius 3 is 2.11 bits per heavy atom. The van der Waals surface area contributed by atoms with Crippen molar-refractivity contribution < 1.29 is 38.0 Å². The number of hydrogen-bond donors (Lipinski definition) is 1. The lowest BCUT2D eigenvalue weighted by atomic mass is 9.78. The van der Waals surface area contributed by atoms with Crippen LogP contribution < -0.4 is 38.6 Å². The number of carbonyl (C=O) groups excluding carboxylic acids is 2. The average Bonchev–Trinajstić information content (AvgIpc) is 3.38. The lowest BCUT2D eigenvalue weighted by Crippen LogP contribution is -2.38. The molecule has 0 radical (unpaired) electrons. The number of methoxy groups -OCH3 is 4. The van der Waals surface area contributed by atoms with Crippen LogP contribution in [0.15, 0.2) is 114 Å². The molecule has 0 spiro atoms. The molecule has 0 saturated heterocycles. The van der Waals surface area contributed by atoms with Crippen molar-refractivity contribution in [1.29, 1.82) is 0 Å². The van der Waals surface area contributed by atoms with Gasteiger partial charge >= 0.3 is 0 Å². The van der Waals surface area contributed by atoms with Gasteiger partial charge in [-0.25, -0.2) is 0 Å². The van der Waals surface area contributed by atoms with E-state index in [0.29, 0.717) is 69.3 Å². The van der Waals surface area contributed by atoms with Crippen molar-refractivity contribution >= 4 is 34.7 Å². The van der Waals surface area contributed by atoms with Gasteiger partial charge < -0.3 is 33.7 Å². The lowest BCUT2D eigenvalue weighted by molar-refractivity contribution is -0.116. The van der Waals surface area contributed by atoms with E-state index in [0.717, 1.165) is 22.6 Å². The second-order valence-corrected chi connectivity index (χ2v) is 13.8. The SMILES string of the molecule is CCOc1cc([C@H]2C3=C(C[C@@H](c4ccc(OC)cc4)CC3=O)Nc3ccccc3N2C(=O)c2cc(OC)c(OC)c(OC)c2)ccc1OCc1ccc(Cl)cc1. The summed E-state index contributed by atoms with van der Waals surface area (Å²) in [6.07, 6.45) is 0.775. The maximum absolute atomic E-state index is 15.3. The molecule has 1 aliphatic carbocycles. The third-order valence-electron chi connectivity index (χ3n) is 10.1. The number of halogens is 1. The topological polar surface area (TPSA) is 105 Å². The third kappa shape index (κ3) is 7.57. The highest BCUT2D eigenvalue weighted by atomic mass is 35.5. The number of nitrogens with one attached hydrogen (secondary N) is 1. The summed E-state index contributed by atoms with van der Waals surface area (Å²) in [4.78, 5) is 31.7. The van der Waals surface area contributed by atoms with Crippen molar-refractivity contribution in [1.82, 2.24) is 0 Å². The van der Waals surface area contributed by atoms with Crippen molar-refractivity contribution in [3.05, 3.63) is 142 Å². The molecule has 2 atom stereocenters. The van der Waals surface area contributed by atoms with Gasteiger partial charge in [0, 0.05) is 28.3 Å². The summed E-state index contributed by atoms with van der Waals surface area (Å²) in [7, 11) is 6.14. The summed E-state index contributed by atoms with van der Waals surface area (Å²) in [5.41, 5.74) is 5.38. The van der Waals surface area contributed by atoms with Crippen LogP contribution in [-0.2, 0) is 11.4 Å². The minimum atomic E-state index is -0.874. The first-order chi connectivity index (χ1) is 27.3. The zero-order valence-electron chi connectivity index (χ0n) is 31.9. The van der Waals surface area contributed by atoms with E-state index < -0.39 is 6.04 Å². The highest BCUT2D eigenvalue weighted by Gasteiger charge is 2.42. The van der Waals surface area contributed by atoms with Crippen molar-refractivity contribution in [2.24, 2.45) is 0 Å². The summed E-state index contributed by atoms with van der Waals surface area (Å²) in [6, 6.07) is 30.8. The third-order valence-corrected chi connectivity index (χ3v) is 10.3. The minimum Gasteiger partial charge on any atom is -0.497 e. The molecule has 7 rings (SSSR count). The summed E-state index contributed by atoms with van der Waals surface area (Å²) in [5, 5.41) is 4.25. The number of benzene rings is 5. The maximum atomic E-state index is 15.3. The highest BCUT2D eigenvalue weighted by molar-refractivity contribution is 6.30. The number of amides is 1. The summed E-state index contributed by atoms with van der Waals surface area (Å²) in [5.74, 6) is 2.17. The van der Waals surface area contributed by atoms with E-state index in [1.54, 1.807) is 24.1 Å². The first-order valence-corrected chi connectivity index (χ1v) is 18.7. The first-order valence-electron chi connectivity index (χ1n) is 18.3. The Morgan fingerprint density at radius 2 is 1.45 bits per heavy atom. The molecule has 56 heavy (non-hydrogen) atoms. The fourth-order valence-electron chi connectivity index (χ4n) is 7.41. The zero-order valence-corrected chi connectivity index (χ0v) is 32.6. The molecule has 0 aromatic heterocycles. The van der Waals surface area contributed by atoms with Gasteiger partial charge in [0.15, 0.2) is 28.8 Å². The fourth-order valence-corrected chi connectivity index (χ4v) is 7.53. The number of fused-ring (bicyclic) bond motifs is 1. The van der Waals surface area contributed by atoms with E-state index in [9.17, 15) is 4.79 Å². The van der Waals surface area contributed by atoms with Gasteiger partial charge in [-0.2, -0.15) is 0 Å². The van der Waals surface area contributed by atoms with Crippen LogP contribution in [0.25, 0.3) is 0 Å². The highest BCUT2D eigenvalue weighted by Crippen LogP contribution is 2.50. The van der Waals surface area contributed by atoms with Crippen LogP contribution in [0.2, 0.25) is 5.02 Å². The van der Waals surface area contributed by atoms with Gasteiger partial charge in [0.1, 0.15) is 12.4 Å². The molecule has 11 heteroatoms. The molecule has 1 amide bonds. The van der Waals surface area contributed by atoms with Crippen molar-refractivity contribution in [3.8, 4) is 34.5 Å². The number of para-hydroxylation sites is 2. The molecule has 0 fully saturated rings. The first kappa shape index (κ1) is 38.2. The lowest BCUT2D eigenvalue weighted by Gasteiger charge is -2.35. The molecule has 10 nitrogen and oxygen atoms in total. The molecule has 2 aliphatic rings. The number of nitrogens with zero attached hydrogens (tertiary/aromatic N) is 1. The van der Waals surface area contributed by atoms with Crippen molar-refractivity contribution in [3.63, 3.8) is 0 Å². The molecule has 0 unspecified atom stereocenters. The van der Waals surface area contributed by atoms with E-state index in [1.807, 2.05) is 97.9 Å². The summed E-state index contributed by atoms with van der Waals surface area (Å²) < 4.78 is 34.7. The van der Waals surface area contributed by atoms with Crippen LogP contribution in [0.5, 0.6) is 34.5 Å². The second kappa shape index (κ2) is 16.7. The van der Waals surface area contributed by atoms with Crippen LogP contribution in [0.4, 0.5) is 11.4 Å².